The van der Waals surface area contributed by atoms with Crippen molar-refractivity contribution in [2.24, 2.45) is 0 Å². The van der Waals surface area contributed by atoms with Gasteiger partial charge in [-0.15, -0.1) is 0 Å². The number of likely N-dealkylation sites (N-methyl/N-ethyl adjacent to an activating group) is 1. The van der Waals surface area contributed by atoms with Crippen molar-refractivity contribution in [1.82, 2.24) is 5.32 Å². The molecule has 13 nitrogen and oxygen atoms in total. The molecule has 0 saturated carbocycles. The van der Waals surface area contributed by atoms with Gasteiger partial charge in [0.05, 0.1) is 58.5 Å². The highest BCUT2D eigenvalue weighted by Gasteiger charge is 2.52. The average molecular weight is 482 g/mol. The summed E-state index contributed by atoms with van der Waals surface area (Å²) >= 11 is 0. The van der Waals surface area contributed by atoms with Crippen molar-refractivity contribution in [2.75, 3.05) is 34.3 Å². The van der Waals surface area contributed by atoms with Crippen LogP contribution in [-0.4, -0.2) is 125 Å². The molecule has 33 heavy (non-hydrogen) atoms. The van der Waals surface area contributed by atoms with Crippen molar-refractivity contribution in [1.29, 1.82) is 0 Å². The van der Waals surface area contributed by atoms with Crippen LogP contribution in [0.15, 0.2) is 0 Å². The summed E-state index contributed by atoms with van der Waals surface area (Å²) in [5, 5.41) is 52.3. The highest BCUT2D eigenvalue weighted by molar-refractivity contribution is 5.78. The predicted octanol–water partition coefficient (Wildman–Crippen LogP) is -3.04. The lowest BCUT2D eigenvalue weighted by Gasteiger charge is -2.43. The first-order valence-electron chi connectivity index (χ1n) is 10.6. The van der Waals surface area contributed by atoms with Gasteiger partial charge in [0.1, 0.15) is 12.6 Å². The number of nitrogens with one attached hydrogen (secondary N) is 1. The van der Waals surface area contributed by atoms with Gasteiger partial charge in [0.2, 0.25) is 12.2 Å². The monoisotopic (exact) mass is 481 g/mol. The number of aliphatic hydroxyl groups excluding tert-OH is 4. The maximum atomic E-state index is 12.5. The molecule has 0 aromatic carbocycles. The van der Waals surface area contributed by atoms with Gasteiger partial charge in [-0.3, -0.25) is 9.59 Å². The van der Waals surface area contributed by atoms with Crippen molar-refractivity contribution in [3.05, 3.63) is 0 Å². The molecule has 1 heterocycles. The Morgan fingerprint density at radius 3 is 2.30 bits per heavy atom. The van der Waals surface area contributed by atoms with Crippen molar-refractivity contribution in [3.63, 3.8) is 0 Å². The Morgan fingerprint density at radius 2 is 1.79 bits per heavy atom. The Morgan fingerprint density at radius 1 is 1.18 bits per heavy atom. The lowest BCUT2D eigenvalue weighted by atomic mass is 9.90. The number of quaternary nitrogens is 1. The van der Waals surface area contributed by atoms with Gasteiger partial charge in [-0.1, -0.05) is 0 Å². The first kappa shape index (κ1) is 29.2. The number of rotatable bonds is 11. The van der Waals surface area contributed by atoms with Gasteiger partial charge >= 0.3 is 11.9 Å². The largest absolute Gasteiger partial charge is 0.425 e. The van der Waals surface area contributed by atoms with E-state index in [4.69, 9.17) is 19.3 Å². The van der Waals surface area contributed by atoms with E-state index in [1.54, 1.807) is 0 Å². The standard InChI is InChI=1S/C20H36N2O11/c1-11(24)21-18-15(27)8-20(30,33-16(18)6-14(26)10-23)19(29)32-12(2)31-17(28)7-13(25)9-22(3,4)5/h12-16,18,23,25-27,30H,6-10H2,1-5H3/p+1. The molecule has 13 heteroatoms. The molecule has 0 radical (unpaired) electrons. The van der Waals surface area contributed by atoms with Crippen LogP contribution in [0.1, 0.15) is 33.1 Å². The third-order valence-electron chi connectivity index (χ3n) is 4.78. The highest BCUT2D eigenvalue weighted by Crippen LogP contribution is 2.31. The number of esters is 2. The number of carbonyl (C=O) groups excluding carboxylic acids is 3. The minimum atomic E-state index is -2.67. The lowest BCUT2D eigenvalue weighted by molar-refractivity contribution is -0.873. The van der Waals surface area contributed by atoms with E-state index in [-0.39, 0.29) is 19.4 Å². The number of carbonyl (C=O) groups is 3. The molecule has 0 aromatic rings. The van der Waals surface area contributed by atoms with Crippen molar-refractivity contribution in [2.45, 2.75) is 75.6 Å². The van der Waals surface area contributed by atoms with Gasteiger partial charge in [-0.25, -0.2) is 4.79 Å². The van der Waals surface area contributed by atoms with Crippen LogP contribution in [-0.2, 0) is 28.6 Å². The molecule has 1 rings (SSSR count). The number of ether oxygens (including phenoxy) is 3. The molecule has 0 bridgehead atoms. The zero-order chi connectivity index (χ0) is 25.6. The molecule has 0 spiro atoms. The minimum absolute atomic E-state index is 0.283. The molecule has 1 amide bonds. The van der Waals surface area contributed by atoms with E-state index < -0.39 is 73.4 Å². The van der Waals surface area contributed by atoms with Crippen LogP contribution >= 0.6 is 0 Å². The maximum Gasteiger partial charge on any atom is 0.369 e. The summed E-state index contributed by atoms with van der Waals surface area (Å²) in [6.07, 6.45) is -7.77. The number of amides is 1. The highest BCUT2D eigenvalue weighted by atomic mass is 16.7. The minimum Gasteiger partial charge on any atom is -0.425 e. The summed E-state index contributed by atoms with van der Waals surface area (Å²) in [5.41, 5.74) is 0. The van der Waals surface area contributed by atoms with Crippen molar-refractivity contribution < 1.29 is 58.6 Å². The second-order valence-corrected chi connectivity index (χ2v) is 9.30. The first-order chi connectivity index (χ1) is 15.1. The van der Waals surface area contributed by atoms with E-state index in [1.807, 2.05) is 21.1 Å². The quantitative estimate of drug-likeness (QED) is 0.0998. The second kappa shape index (κ2) is 12.0. The molecular formula is C20H37N2O11+. The molecule has 1 aliphatic heterocycles. The van der Waals surface area contributed by atoms with E-state index in [9.17, 15) is 34.8 Å². The summed E-state index contributed by atoms with van der Waals surface area (Å²) in [6, 6.07) is -1.07. The Bertz CT molecular complexity index is 683. The average Bonchev–Trinajstić information content (AvgIpc) is 2.62. The molecule has 7 atom stereocenters. The van der Waals surface area contributed by atoms with Crippen LogP contribution in [0.25, 0.3) is 0 Å². The lowest BCUT2D eigenvalue weighted by Crippen LogP contribution is -2.64. The SMILES string of the molecule is CC(=O)NC1C(O)CC(O)(C(=O)OC(C)OC(=O)CC(O)C[N+](C)(C)C)OC1CC(O)CO. The van der Waals surface area contributed by atoms with E-state index in [0.29, 0.717) is 4.48 Å². The number of aliphatic hydroxyl groups is 5. The molecule has 1 fully saturated rings. The zero-order valence-electron chi connectivity index (χ0n) is 19.6. The molecule has 1 saturated heterocycles. The van der Waals surface area contributed by atoms with Crippen molar-refractivity contribution in [3.8, 4) is 0 Å². The van der Waals surface area contributed by atoms with Gasteiger partial charge in [0.25, 0.3) is 5.79 Å². The Hall–Kier alpha value is -1.87. The predicted molar refractivity (Wildman–Crippen MR) is 111 cm³/mol. The smallest absolute Gasteiger partial charge is 0.369 e. The van der Waals surface area contributed by atoms with Gasteiger partial charge in [-0.2, -0.15) is 0 Å². The van der Waals surface area contributed by atoms with E-state index >= 15 is 0 Å². The van der Waals surface area contributed by atoms with Crippen molar-refractivity contribution >= 4 is 17.8 Å². The van der Waals surface area contributed by atoms with E-state index in [0.717, 1.165) is 0 Å². The summed E-state index contributed by atoms with van der Waals surface area (Å²) in [7, 11) is 5.50. The van der Waals surface area contributed by atoms with Crippen LogP contribution in [0.3, 0.4) is 0 Å². The van der Waals surface area contributed by atoms with Crippen LogP contribution in [0, 0.1) is 0 Å². The molecule has 1 aliphatic rings. The second-order valence-electron chi connectivity index (χ2n) is 9.30. The van der Waals surface area contributed by atoms with Crippen LogP contribution in [0.5, 0.6) is 0 Å². The molecule has 0 aromatic heterocycles. The maximum absolute atomic E-state index is 12.5. The van der Waals surface area contributed by atoms with E-state index in [2.05, 4.69) is 5.32 Å². The number of hydrogen-bond acceptors (Lipinski definition) is 11. The molecule has 7 unspecified atom stereocenters. The molecular weight excluding hydrogens is 444 g/mol. The molecule has 0 aliphatic carbocycles. The Balaban J connectivity index is 2.78. The van der Waals surface area contributed by atoms with Gasteiger partial charge in [-0.05, 0) is 0 Å². The first-order valence-corrected chi connectivity index (χ1v) is 10.6. The van der Waals surface area contributed by atoms with E-state index in [1.165, 1.54) is 13.8 Å². The van der Waals surface area contributed by atoms with Crippen LogP contribution in [0.2, 0.25) is 0 Å². The third kappa shape index (κ3) is 9.88. The molecule has 6 N–H and O–H groups in total. The summed E-state index contributed by atoms with van der Waals surface area (Å²) in [4.78, 5) is 36.0. The fraction of sp³-hybridized carbons (Fsp3) is 0.850. The Labute approximate surface area is 192 Å². The summed E-state index contributed by atoms with van der Waals surface area (Å²) in [5.74, 6) is -5.38. The van der Waals surface area contributed by atoms with Crippen LogP contribution in [0.4, 0.5) is 0 Å². The zero-order valence-corrected chi connectivity index (χ0v) is 19.6. The number of hydrogen-bond donors (Lipinski definition) is 6. The number of nitrogens with zero attached hydrogens (tertiary/aromatic N) is 1. The Kier molecular flexibility index (Phi) is 10.6. The topological polar surface area (TPSA) is 192 Å². The van der Waals surface area contributed by atoms with Gasteiger partial charge in [0, 0.05) is 26.7 Å². The van der Waals surface area contributed by atoms with Gasteiger partial charge < -0.3 is 49.5 Å². The normalized spacial score (nSPS) is 28.4. The van der Waals surface area contributed by atoms with Gasteiger partial charge in [0.15, 0.2) is 0 Å². The fourth-order valence-electron chi connectivity index (χ4n) is 3.51. The molecule has 192 valence electrons. The van der Waals surface area contributed by atoms with Crippen LogP contribution < -0.4 is 5.32 Å². The third-order valence-corrected chi connectivity index (χ3v) is 4.78. The summed E-state index contributed by atoms with van der Waals surface area (Å²) in [6.45, 7) is 2.04. The summed E-state index contributed by atoms with van der Waals surface area (Å²) < 4.78 is 15.7. The fourth-order valence-corrected chi connectivity index (χ4v) is 3.51.